The molecule has 0 aliphatic carbocycles. The molecule has 1 unspecified atom stereocenters. The van der Waals surface area contributed by atoms with Crippen molar-refractivity contribution in [2.45, 2.75) is 42.9 Å². The first-order valence-corrected chi connectivity index (χ1v) is 8.50. The molecular formula is C12H20BrNO2S. The highest BCUT2D eigenvalue weighted by Gasteiger charge is 2.35. The predicted molar refractivity (Wildman–Crippen MR) is 74.8 cm³/mol. The number of hydrogen-bond acceptors (Lipinski definition) is 3. The smallest absolute Gasteiger partial charge is 0.233 e. The quantitative estimate of drug-likeness (QED) is 0.811. The van der Waals surface area contributed by atoms with Crippen LogP contribution in [0.2, 0.25) is 0 Å². The molecule has 2 aliphatic heterocycles. The third kappa shape index (κ3) is 3.61. The summed E-state index contributed by atoms with van der Waals surface area (Å²) in [4.78, 5) is 12.2. The highest BCUT2D eigenvalue weighted by Crippen LogP contribution is 2.28. The zero-order valence-corrected chi connectivity index (χ0v) is 12.4. The van der Waals surface area contributed by atoms with Crippen molar-refractivity contribution in [2.75, 3.05) is 24.3 Å². The summed E-state index contributed by atoms with van der Waals surface area (Å²) in [6.45, 7) is 1.51. The molecule has 2 rings (SSSR count). The molecule has 98 valence electrons. The van der Waals surface area contributed by atoms with Gasteiger partial charge in [0.15, 0.2) is 0 Å². The van der Waals surface area contributed by atoms with E-state index in [1.54, 1.807) is 0 Å². The average molecular weight is 322 g/mol. The maximum Gasteiger partial charge on any atom is 0.233 e. The van der Waals surface area contributed by atoms with Crippen LogP contribution in [0.5, 0.6) is 0 Å². The SMILES string of the molecule is O=C(NC1(CBr)CCOCC1)C1CCCCS1. The molecule has 17 heavy (non-hydrogen) atoms. The second-order valence-corrected chi connectivity index (χ2v) is 6.74. The van der Waals surface area contributed by atoms with E-state index < -0.39 is 0 Å². The lowest BCUT2D eigenvalue weighted by Gasteiger charge is -2.37. The first-order chi connectivity index (χ1) is 8.26. The summed E-state index contributed by atoms with van der Waals surface area (Å²) in [5.74, 6) is 1.36. The fourth-order valence-electron chi connectivity index (χ4n) is 2.34. The third-order valence-electron chi connectivity index (χ3n) is 3.57. The van der Waals surface area contributed by atoms with Gasteiger partial charge >= 0.3 is 0 Å². The molecule has 0 aromatic heterocycles. The number of alkyl halides is 1. The summed E-state index contributed by atoms with van der Waals surface area (Å²) >= 11 is 5.35. The van der Waals surface area contributed by atoms with E-state index in [2.05, 4.69) is 21.2 Å². The highest BCUT2D eigenvalue weighted by atomic mass is 79.9. The maximum absolute atomic E-state index is 12.2. The molecule has 2 aliphatic rings. The molecule has 0 bridgehead atoms. The molecule has 1 amide bonds. The van der Waals surface area contributed by atoms with Gasteiger partial charge in [0, 0.05) is 18.5 Å². The Morgan fingerprint density at radius 3 is 2.76 bits per heavy atom. The number of halogens is 1. The summed E-state index contributed by atoms with van der Waals surface area (Å²) in [6, 6.07) is 0. The average Bonchev–Trinajstić information content (AvgIpc) is 2.41. The predicted octanol–water partition coefficient (Wildman–Crippen LogP) is 2.33. The molecule has 5 heteroatoms. The van der Waals surface area contributed by atoms with Crippen LogP contribution in [0, 0.1) is 0 Å². The lowest BCUT2D eigenvalue weighted by atomic mass is 9.92. The molecule has 3 nitrogen and oxygen atoms in total. The Morgan fingerprint density at radius 2 is 2.18 bits per heavy atom. The first-order valence-electron chi connectivity index (χ1n) is 6.33. The number of thioether (sulfide) groups is 1. The van der Waals surface area contributed by atoms with Crippen LogP contribution in [0.25, 0.3) is 0 Å². The van der Waals surface area contributed by atoms with Crippen molar-refractivity contribution in [3.63, 3.8) is 0 Å². The Morgan fingerprint density at radius 1 is 1.41 bits per heavy atom. The molecule has 0 aromatic rings. The number of carbonyl (C=O) groups excluding carboxylic acids is 1. The molecule has 0 radical (unpaired) electrons. The van der Waals surface area contributed by atoms with Crippen LogP contribution in [-0.2, 0) is 9.53 Å². The van der Waals surface area contributed by atoms with Crippen LogP contribution in [0.1, 0.15) is 32.1 Å². The van der Waals surface area contributed by atoms with Gasteiger partial charge in [-0.05, 0) is 31.4 Å². The molecule has 0 spiro atoms. The lowest BCUT2D eigenvalue weighted by molar-refractivity contribution is -0.123. The van der Waals surface area contributed by atoms with Crippen molar-refractivity contribution in [3.05, 3.63) is 0 Å². The minimum Gasteiger partial charge on any atom is -0.381 e. The molecule has 2 heterocycles. The van der Waals surface area contributed by atoms with E-state index in [1.807, 2.05) is 11.8 Å². The Hall–Kier alpha value is 0.260. The summed E-state index contributed by atoms with van der Waals surface area (Å²) in [5.41, 5.74) is -0.0761. The number of carbonyl (C=O) groups is 1. The number of hydrogen-bond donors (Lipinski definition) is 1. The third-order valence-corrected chi connectivity index (χ3v) is 6.02. The number of ether oxygens (including phenoxy) is 1. The summed E-state index contributed by atoms with van der Waals surface area (Å²) in [7, 11) is 0. The molecule has 1 N–H and O–H groups in total. The van der Waals surface area contributed by atoms with E-state index in [9.17, 15) is 4.79 Å². The van der Waals surface area contributed by atoms with Crippen LogP contribution >= 0.6 is 27.7 Å². The van der Waals surface area contributed by atoms with Crippen molar-refractivity contribution in [1.82, 2.24) is 5.32 Å². The zero-order valence-electron chi connectivity index (χ0n) is 10.0. The van der Waals surface area contributed by atoms with Gasteiger partial charge < -0.3 is 10.1 Å². The highest BCUT2D eigenvalue weighted by molar-refractivity contribution is 9.09. The number of nitrogens with one attached hydrogen (secondary N) is 1. The van der Waals surface area contributed by atoms with Gasteiger partial charge in [0.2, 0.25) is 5.91 Å². The molecule has 0 aromatic carbocycles. The van der Waals surface area contributed by atoms with Gasteiger partial charge in [-0.15, -0.1) is 11.8 Å². The van der Waals surface area contributed by atoms with Crippen molar-refractivity contribution in [2.24, 2.45) is 0 Å². The van der Waals surface area contributed by atoms with Gasteiger partial charge in [0.1, 0.15) is 0 Å². The van der Waals surface area contributed by atoms with E-state index >= 15 is 0 Å². The topological polar surface area (TPSA) is 38.3 Å². The molecular weight excluding hydrogens is 302 g/mol. The van der Waals surface area contributed by atoms with E-state index in [4.69, 9.17) is 4.74 Å². The minimum atomic E-state index is -0.0761. The normalized spacial score (nSPS) is 28.6. The Bertz CT molecular complexity index is 263. The van der Waals surface area contributed by atoms with Gasteiger partial charge in [-0.2, -0.15) is 0 Å². The van der Waals surface area contributed by atoms with Crippen molar-refractivity contribution in [3.8, 4) is 0 Å². The van der Waals surface area contributed by atoms with Crippen LogP contribution in [0.4, 0.5) is 0 Å². The van der Waals surface area contributed by atoms with Gasteiger partial charge in [-0.3, -0.25) is 4.79 Å². The summed E-state index contributed by atoms with van der Waals surface area (Å²) in [5, 5.41) is 4.26. The lowest BCUT2D eigenvalue weighted by Crippen LogP contribution is -2.55. The fraction of sp³-hybridized carbons (Fsp3) is 0.917. The molecule has 2 saturated heterocycles. The zero-order chi connectivity index (χ0) is 12.1. The number of rotatable bonds is 3. The van der Waals surface area contributed by atoms with Crippen LogP contribution < -0.4 is 5.32 Å². The minimum absolute atomic E-state index is 0.0761. The van der Waals surface area contributed by atoms with E-state index in [1.165, 1.54) is 12.8 Å². The summed E-state index contributed by atoms with van der Waals surface area (Å²) < 4.78 is 5.38. The van der Waals surface area contributed by atoms with Crippen molar-refractivity contribution in [1.29, 1.82) is 0 Å². The largest absolute Gasteiger partial charge is 0.381 e. The Balaban J connectivity index is 1.90. The van der Waals surface area contributed by atoms with Gasteiger partial charge in [0.25, 0.3) is 0 Å². The van der Waals surface area contributed by atoms with Crippen LogP contribution in [0.3, 0.4) is 0 Å². The maximum atomic E-state index is 12.2. The van der Waals surface area contributed by atoms with Gasteiger partial charge in [0.05, 0.1) is 10.8 Å². The molecule has 1 atom stereocenters. The fourth-order valence-corrected chi connectivity index (χ4v) is 4.24. The second kappa shape index (κ2) is 6.43. The van der Waals surface area contributed by atoms with Crippen molar-refractivity contribution >= 4 is 33.6 Å². The first kappa shape index (κ1) is 13.7. The standard InChI is InChI=1S/C12H20BrNO2S/c13-9-12(4-6-16-7-5-12)14-11(15)10-3-1-2-8-17-10/h10H,1-9H2,(H,14,15). The van der Waals surface area contributed by atoms with E-state index in [0.29, 0.717) is 0 Å². The van der Waals surface area contributed by atoms with Crippen molar-refractivity contribution < 1.29 is 9.53 Å². The second-order valence-electron chi connectivity index (χ2n) is 4.87. The number of amides is 1. The van der Waals surface area contributed by atoms with E-state index in [-0.39, 0.29) is 16.7 Å². The Kier molecular flexibility index (Phi) is 5.18. The monoisotopic (exact) mass is 321 g/mol. The molecule has 2 fully saturated rings. The van der Waals surface area contributed by atoms with Gasteiger partial charge in [-0.1, -0.05) is 22.4 Å². The Labute approximate surface area is 116 Å². The van der Waals surface area contributed by atoms with E-state index in [0.717, 1.165) is 43.6 Å². The van der Waals surface area contributed by atoms with Crippen LogP contribution in [0.15, 0.2) is 0 Å². The van der Waals surface area contributed by atoms with Gasteiger partial charge in [-0.25, -0.2) is 0 Å². The summed E-state index contributed by atoms with van der Waals surface area (Å²) in [6.07, 6.45) is 5.31. The van der Waals surface area contributed by atoms with Crippen LogP contribution in [-0.4, -0.2) is 41.0 Å². The molecule has 0 saturated carbocycles.